The van der Waals surface area contributed by atoms with Crippen molar-refractivity contribution in [2.45, 2.75) is 19.9 Å². The molecule has 0 aliphatic heterocycles. The maximum absolute atomic E-state index is 12.0. The molecule has 0 aliphatic rings. The standard InChI is InChI=1S/C13H15ClN2O5/c1-3-20-12(18)10(13(19)21-4-2)16-11(17)8-6-5-7-9(14)15-8/h5-7,10H,3-4H2,1-2H3,(H,16,17). The molecule has 0 saturated carbocycles. The number of esters is 2. The smallest absolute Gasteiger partial charge is 0.340 e. The number of rotatable bonds is 6. The second kappa shape index (κ2) is 8.21. The van der Waals surface area contributed by atoms with Gasteiger partial charge in [-0.1, -0.05) is 17.7 Å². The third-order valence-corrected chi connectivity index (χ3v) is 2.48. The Kier molecular flexibility index (Phi) is 6.61. The number of pyridine rings is 1. The van der Waals surface area contributed by atoms with Gasteiger partial charge >= 0.3 is 11.9 Å². The van der Waals surface area contributed by atoms with Gasteiger partial charge in [0.2, 0.25) is 6.04 Å². The average Bonchev–Trinajstić information content (AvgIpc) is 2.44. The Hall–Kier alpha value is -2.15. The molecule has 0 fully saturated rings. The third kappa shape index (κ3) is 5.03. The zero-order valence-corrected chi connectivity index (χ0v) is 12.3. The largest absolute Gasteiger partial charge is 0.464 e. The summed E-state index contributed by atoms with van der Waals surface area (Å²) in [7, 11) is 0. The number of halogens is 1. The molecule has 0 saturated heterocycles. The topological polar surface area (TPSA) is 94.6 Å². The molecule has 1 aromatic heterocycles. The summed E-state index contributed by atoms with van der Waals surface area (Å²) >= 11 is 5.68. The van der Waals surface area contributed by atoms with E-state index in [1.807, 2.05) is 0 Å². The summed E-state index contributed by atoms with van der Waals surface area (Å²) in [4.78, 5) is 39.2. The van der Waals surface area contributed by atoms with Gasteiger partial charge in [0, 0.05) is 0 Å². The lowest BCUT2D eigenvalue weighted by atomic mass is 10.2. The molecule has 0 unspecified atom stereocenters. The van der Waals surface area contributed by atoms with E-state index >= 15 is 0 Å². The first-order valence-corrected chi connectivity index (χ1v) is 6.64. The second-order valence-corrected chi connectivity index (χ2v) is 4.14. The van der Waals surface area contributed by atoms with Gasteiger partial charge < -0.3 is 14.8 Å². The van der Waals surface area contributed by atoms with Crippen molar-refractivity contribution in [1.82, 2.24) is 10.3 Å². The van der Waals surface area contributed by atoms with E-state index in [0.29, 0.717) is 0 Å². The van der Waals surface area contributed by atoms with Crippen LogP contribution in [-0.4, -0.2) is 42.1 Å². The normalized spacial score (nSPS) is 10.1. The lowest BCUT2D eigenvalue weighted by molar-refractivity contribution is -0.157. The summed E-state index contributed by atoms with van der Waals surface area (Å²) < 4.78 is 9.46. The Morgan fingerprint density at radius 1 is 1.19 bits per heavy atom. The minimum atomic E-state index is -1.54. The SMILES string of the molecule is CCOC(=O)C(NC(=O)c1cccc(Cl)n1)C(=O)OCC. The van der Waals surface area contributed by atoms with Crippen LogP contribution in [0.4, 0.5) is 0 Å². The van der Waals surface area contributed by atoms with Crippen LogP contribution in [0, 0.1) is 0 Å². The van der Waals surface area contributed by atoms with Gasteiger partial charge in [-0.25, -0.2) is 14.6 Å². The van der Waals surface area contributed by atoms with Gasteiger partial charge in [0.15, 0.2) is 0 Å². The number of carbonyl (C=O) groups is 3. The number of carbonyl (C=O) groups excluding carboxylic acids is 3. The molecule has 1 aromatic rings. The van der Waals surface area contributed by atoms with E-state index in [4.69, 9.17) is 21.1 Å². The summed E-state index contributed by atoms with van der Waals surface area (Å²) in [5.41, 5.74) is -0.0268. The number of ether oxygens (including phenoxy) is 2. The fraction of sp³-hybridized carbons (Fsp3) is 0.385. The van der Waals surface area contributed by atoms with Crippen LogP contribution < -0.4 is 5.32 Å². The van der Waals surface area contributed by atoms with Gasteiger partial charge in [-0.15, -0.1) is 0 Å². The average molecular weight is 315 g/mol. The van der Waals surface area contributed by atoms with Crippen LogP contribution in [-0.2, 0) is 19.1 Å². The lowest BCUT2D eigenvalue weighted by Crippen LogP contribution is -2.48. The molecule has 21 heavy (non-hydrogen) atoms. The molecule has 0 spiro atoms. The van der Waals surface area contributed by atoms with Crippen molar-refractivity contribution < 1.29 is 23.9 Å². The van der Waals surface area contributed by atoms with Crippen LogP contribution in [0.1, 0.15) is 24.3 Å². The molecule has 0 radical (unpaired) electrons. The van der Waals surface area contributed by atoms with Gasteiger partial charge in [0.05, 0.1) is 13.2 Å². The highest BCUT2D eigenvalue weighted by Gasteiger charge is 2.31. The van der Waals surface area contributed by atoms with Crippen LogP contribution in [0.3, 0.4) is 0 Å². The Morgan fingerprint density at radius 2 is 1.76 bits per heavy atom. The molecule has 1 amide bonds. The summed E-state index contributed by atoms with van der Waals surface area (Å²) in [5.74, 6) is -2.53. The predicted molar refractivity (Wildman–Crippen MR) is 73.8 cm³/mol. The number of hydrogen-bond donors (Lipinski definition) is 1. The molecule has 8 heteroatoms. The van der Waals surface area contributed by atoms with Gasteiger partial charge in [0.25, 0.3) is 5.91 Å². The maximum atomic E-state index is 12.0. The van der Waals surface area contributed by atoms with E-state index in [1.54, 1.807) is 13.8 Å². The second-order valence-electron chi connectivity index (χ2n) is 3.76. The van der Waals surface area contributed by atoms with E-state index < -0.39 is 23.9 Å². The Labute approximate surface area is 126 Å². The number of nitrogens with one attached hydrogen (secondary N) is 1. The van der Waals surface area contributed by atoms with Crippen LogP contribution in [0.5, 0.6) is 0 Å². The zero-order valence-electron chi connectivity index (χ0n) is 11.6. The van der Waals surface area contributed by atoms with Crippen molar-refractivity contribution in [3.63, 3.8) is 0 Å². The van der Waals surface area contributed by atoms with Crippen LogP contribution in [0.2, 0.25) is 5.15 Å². The van der Waals surface area contributed by atoms with Crippen molar-refractivity contribution in [2.24, 2.45) is 0 Å². The quantitative estimate of drug-likeness (QED) is 0.477. The van der Waals surface area contributed by atoms with E-state index in [2.05, 4.69) is 10.3 Å². The van der Waals surface area contributed by atoms with Gasteiger partial charge in [-0.3, -0.25) is 4.79 Å². The molecular weight excluding hydrogens is 300 g/mol. The first-order chi connectivity index (χ1) is 9.99. The molecule has 0 bridgehead atoms. The fourth-order valence-electron chi connectivity index (χ4n) is 1.41. The van der Waals surface area contributed by atoms with Crippen LogP contribution in [0.25, 0.3) is 0 Å². The van der Waals surface area contributed by atoms with Crippen LogP contribution in [0.15, 0.2) is 18.2 Å². The van der Waals surface area contributed by atoms with Gasteiger partial charge in [-0.05, 0) is 26.0 Å². The van der Waals surface area contributed by atoms with Gasteiger partial charge in [-0.2, -0.15) is 0 Å². The van der Waals surface area contributed by atoms with Crippen molar-refractivity contribution in [2.75, 3.05) is 13.2 Å². The molecule has 1 heterocycles. The minimum absolute atomic E-state index is 0.0268. The van der Waals surface area contributed by atoms with Crippen molar-refractivity contribution in [3.05, 3.63) is 29.0 Å². The fourth-order valence-corrected chi connectivity index (χ4v) is 1.57. The van der Waals surface area contributed by atoms with E-state index in [9.17, 15) is 14.4 Å². The first kappa shape index (κ1) is 16.9. The molecule has 0 aliphatic carbocycles. The third-order valence-electron chi connectivity index (χ3n) is 2.27. The van der Waals surface area contributed by atoms with Gasteiger partial charge in [0.1, 0.15) is 10.8 Å². The highest BCUT2D eigenvalue weighted by Crippen LogP contribution is 2.05. The number of hydrogen-bond acceptors (Lipinski definition) is 6. The van der Waals surface area contributed by atoms with E-state index in [1.165, 1.54) is 18.2 Å². The molecule has 114 valence electrons. The van der Waals surface area contributed by atoms with Crippen molar-refractivity contribution in [3.8, 4) is 0 Å². The predicted octanol–water partition coefficient (Wildman–Crippen LogP) is 0.960. The summed E-state index contributed by atoms with van der Waals surface area (Å²) in [6, 6.07) is 2.87. The molecule has 7 nitrogen and oxygen atoms in total. The van der Waals surface area contributed by atoms with E-state index in [-0.39, 0.29) is 24.1 Å². The monoisotopic (exact) mass is 314 g/mol. The summed E-state index contributed by atoms with van der Waals surface area (Å²) in [5, 5.41) is 2.34. The number of aromatic nitrogens is 1. The molecule has 1 N–H and O–H groups in total. The highest BCUT2D eigenvalue weighted by atomic mass is 35.5. The molecular formula is C13H15ClN2O5. The molecule has 0 atom stereocenters. The number of nitrogens with zero attached hydrogens (tertiary/aromatic N) is 1. The Balaban J connectivity index is 2.87. The molecule has 0 aromatic carbocycles. The highest BCUT2D eigenvalue weighted by molar-refractivity contribution is 6.29. The summed E-state index contributed by atoms with van der Waals surface area (Å²) in [6.07, 6.45) is 0. The lowest BCUT2D eigenvalue weighted by Gasteiger charge is -2.15. The Morgan fingerprint density at radius 3 is 2.24 bits per heavy atom. The Bertz CT molecular complexity index is 517. The van der Waals surface area contributed by atoms with Crippen molar-refractivity contribution in [1.29, 1.82) is 0 Å². The number of amides is 1. The van der Waals surface area contributed by atoms with Crippen molar-refractivity contribution >= 4 is 29.4 Å². The van der Waals surface area contributed by atoms with E-state index in [0.717, 1.165) is 0 Å². The van der Waals surface area contributed by atoms with Crippen LogP contribution >= 0.6 is 11.6 Å². The molecule has 1 rings (SSSR count). The minimum Gasteiger partial charge on any atom is -0.464 e. The first-order valence-electron chi connectivity index (χ1n) is 6.26. The summed E-state index contributed by atoms with van der Waals surface area (Å²) in [6.45, 7) is 3.31. The zero-order chi connectivity index (χ0) is 15.8. The maximum Gasteiger partial charge on any atom is 0.340 e.